The molecule has 7 N–H and O–H groups in total. The van der Waals surface area contributed by atoms with Crippen LogP contribution in [0.5, 0.6) is 0 Å². The molecule has 1 amide bonds. The van der Waals surface area contributed by atoms with Gasteiger partial charge < -0.3 is 31.5 Å². The van der Waals surface area contributed by atoms with Gasteiger partial charge in [-0.05, 0) is 5.56 Å². The number of ether oxygens (including phenoxy) is 1. The first kappa shape index (κ1) is 18.2. The number of aromatic nitrogens is 6. The van der Waals surface area contributed by atoms with E-state index in [1.54, 1.807) is 6.20 Å². The Morgan fingerprint density at radius 2 is 2.07 bits per heavy atom. The van der Waals surface area contributed by atoms with Gasteiger partial charge in [0.15, 0.2) is 17.7 Å². The van der Waals surface area contributed by atoms with Crippen molar-refractivity contribution in [2.24, 2.45) is 5.73 Å². The first-order valence-corrected chi connectivity index (χ1v) is 8.33. The van der Waals surface area contributed by atoms with Crippen molar-refractivity contribution in [1.29, 1.82) is 0 Å². The summed E-state index contributed by atoms with van der Waals surface area (Å²) in [4.78, 5) is 23.7. The Bertz CT molecular complexity index is 1030. The normalized spacial score (nSPS) is 24.8. The third-order valence-corrected chi connectivity index (χ3v) is 4.45. The number of aliphatic hydroxyl groups excluding tert-OH is 3. The number of nitrogens with two attached hydrogens (primary N) is 2. The summed E-state index contributed by atoms with van der Waals surface area (Å²) in [5.74, 6) is -0.329. The Labute approximate surface area is 157 Å². The minimum absolute atomic E-state index is 0.0121. The molecule has 3 aromatic rings. The standard InChI is InChI=1S/C15H18N8O5/c16-8(25)1-6-2-19-23(3-6)15-20-12(17)9-13(21-15)22(5-18-9)14-11(27)10(26)7(4-24)28-14/h2-3,5,7,10-11,14,24,26-27H,1,4H2,(H2,16,25)(H2,17,20,21)/t7-,10-,11+,14-/m1/s1. The van der Waals surface area contributed by atoms with Crippen LogP contribution >= 0.6 is 0 Å². The zero-order valence-corrected chi connectivity index (χ0v) is 14.5. The molecule has 13 heteroatoms. The molecule has 4 atom stereocenters. The Hall–Kier alpha value is -3.13. The van der Waals surface area contributed by atoms with Crippen LogP contribution in [-0.4, -0.2) is 75.4 Å². The van der Waals surface area contributed by atoms with Gasteiger partial charge in [-0.25, -0.2) is 9.67 Å². The highest BCUT2D eigenvalue weighted by Crippen LogP contribution is 2.32. The minimum atomic E-state index is -1.30. The lowest BCUT2D eigenvalue weighted by molar-refractivity contribution is -0.117. The molecule has 0 aromatic carbocycles. The molecule has 0 aliphatic carbocycles. The maximum atomic E-state index is 11.1. The molecule has 1 aliphatic rings. The van der Waals surface area contributed by atoms with Gasteiger partial charge in [0, 0.05) is 6.20 Å². The predicted molar refractivity (Wildman–Crippen MR) is 92.8 cm³/mol. The first-order valence-electron chi connectivity index (χ1n) is 8.33. The summed E-state index contributed by atoms with van der Waals surface area (Å²) in [6.07, 6.45) is -0.189. The number of anilines is 1. The maximum absolute atomic E-state index is 11.1. The molecule has 4 rings (SSSR count). The van der Waals surface area contributed by atoms with E-state index in [4.69, 9.17) is 16.2 Å². The second-order valence-electron chi connectivity index (χ2n) is 6.40. The molecule has 1 fully saturated rings. The number of rotatable bonds is 5. The first-order chi connectivity index (χ1) is 13.4. The SMILES string of the molecule is NC(=O)Cc1cnn(-c2nc(N)c3ncn([C@@H]4O[C@H](CO)[C@@H](O)[C@@H]4O)c3n2)c1. The number of hydrogen-bond donors (Lipinski definition) is 5. The monoisotopic (exact) mass is 390 g/mol. The highest BCUT2D eigenvalue weighted by Gasteiger charge is 2.44. The van der Waals surface area contributed by atoms with Crippen molar-refractivity contribution in [3.8, 4) is 5.95 Å². The Balaban J connectivity index is 1.75. The highest BCUT2D eigenvalue weighted by atomic mass is 16.6. The number of fused-ring (bicyclic) bond motifs is 1. The molecular formula is C15H18N8O5. The van der Waals surface area contributed by atoms with Gasteiger partial charge in [-0.1, -0.05) is 0 Å². The summed E-state index contributed by atoms with van der Waals surface area (Å²) >= 11 is 0. The number of hydrogen-bond acceptors (Lipinski definition) is 10. The molecule has 148 valence electrons. The Kier molecular flexibility index (Phi) is 4.43. The van der Waals surface area contributed by atoms with Crippen molar-refractivity contribution >= 4 is 22.9 Å². The summed E-state index contributed by atoms with van der Waals surface area (Å²) in [5.41, 5.74) is 12.2. The lowest BCUT2D eigenvalue weighted by Gasteiger charge is -2.16. The van der Waals surface area contributed by atoms with Crippen LogP contribution in [0.25, 0.3) is 17.1 Å². The molecule has 1 saturated heterocycles. The molecule has 28 heavy (non-hydrogen) atoms. The number of nitrogens with zero attached hydrogens (tertiary/aromatic N) is 6. The fourth-order valence-corrected chi connectivity index (χ4v) is 3.09. The molecule has 0 bridgehead atoms. The number of nitrogen functional groups attached to an aromatic ring is 1. The molecule has 1 aliphatic heterocycles. The zero-order valence-electron chi connectivity index (χ0n) is 14.5. The van der Waals surface area contributed by atoms with Gasteiger partial charge >= 0.3 is 0 Å². The number of amides is 1. The minimum Gasteiger partial charge on any atom is -0.394 e. The number of carbonyl (C=O) groups excluding carboxylic acids is 1. The number of aliphatic hydroxyl groups is 3. The van der Waals surface area contributed by atoms with E-state index in [-0.39, 0.29) is 29.4 Å². The van der Waals surface area contributed by atoms with Crippen LogP contribution in [0.4, 0.5) is 5.82 Å². The molecule has 3 aromatic heterocycles. The summed E-state index contributed by atoms with van der Waals surface area (Å²) in [6.45, 7) is -0.459. The van der Waals surface area contributed by atoms with Crippen LogP contribution in [0.2, 0.25) is 0 Å². The van der Waals surface area contributed by atoms with Crippen molar-refractivity contribution in [2.75, 3.05) is 12.3 Å². The van der Waals surface area contributed by atoms with E-state index in [1.807, 2.05) is 0 Å². The number of imidazole rings is 1. The van der Waals surface area contributed by atoms with Crippen LogP contribution in [0.1, 0.15) is 11.8 Å². The van der Waals surface area contributed by atoms with E-state index in [9.17, 15) is 20.1 Å². The predicted octanol–water partition coefficient (Wildman–Crippen LogP) is -2.77. The van der Waals surface area contributed by atoms with Crippen LogP contribution in [0, 0.1) is 0 Å². The van der Waals surface area contributed by atoms with E-state index in [0.717, 1.165) is 0 Å². The van der Waals surface area contributed by atoms with E-state index in [2.05, 4.69) is 20.1 Å². The van der Waals surface area contributed by atoms with Crippen LogP contribution in [0.3, 0.4) is 0 Å². The molecule has 0 radical (unpaired) electrons. The second kappa shape index (κ2) is 6.79. The molecule has 0 spiro atoms. The van der Waals surface area contributed by atoms with Crippen LogP contribution in [-0.2, 0) is 16.0 Å². The molecular weight excluding hydrogens is 372 g/mol. The van der Waals surface area contributed by atoms with Gasteiger partial charge in [-0.15, -0.1) is 0 Å². The topological polar surface area (TPSA) is 200 Å². The second-order valence-corrected chi connectivity index (χ2v) is 6.40. The Morgan fingerprint density at radius 3 is 2.75 bits per heavy atom. The van der Waals surface area contributed by atoms with Crippen LogP contribution < -0.4 is 11.5 Å². The van der Waals surface area contributed by atoms with Gasteiger partial charge in [0.25, 0.3) is 5.95 Å². The van der Waals surface area contributed by atoms with E-state index >= 15 is 0 Å². The van der Waals surface area contributed by atoms with Crippen molar-refractivity contribution in [3.05, 3.63) is 24.3 Å². The van der Waals surface area contributed by atoms with E-state index in [0.29, 0.717) is 5.56 Å². The smallest absolute Gasteiger partial charge is 0.254 e. The van der Waals surface area contributed by atoms with Crippen molar-refractivity contribution in [1.82, 2.24) is 29.3 Å². The van der Waals surface area contributed by atoms with Gasteiger partial charge in [0.05, 0.1) is 25.6 Å². The fraction of sp³-hybridized carbons (Fsp3) is 0.400. The molecule has 0 unspecified atom stereocenters. The fourth-order valence-electron chi connectivity index (χ4n) is 3.09. The maximum Gasteiger partial charge on any atom is 0.254 e. The number of primary amides is 1. The van der Waals surface area contributed by atoms with E-state index < -0.39 is 37.1 Å². The summed E-state index contributed by atoms with van der Waals surface area (Å²) in [6, 6.07) is 0. The van der Waals surface area contributed by atoms with Gasteiger partial charge in [-0.2, -0.15) is 15.1 Å². The van der Waals surface area contributed by atoms with Gasteiger partial charge in [-0.3, -0.25) is 9.36 Å². The number of carbonyl (C=O) groups is 1. The highest BCUT2D eigenvalue weighted by molar-refractivity contribution is 5.82. The average molecular weight is 390 g/mol. The third-order valence-electron chi connectivity index (χ3n) is 4.45. The zero-order chi connectivity index (χ0) is 20.0. The summed E-state index contributed by atoms with van der Waals surface area (Å²) in [7, 11) is 0. The Morgan fingerprint density at radius 1 is 1.29 bits per heavy atom. The lowest BCUT2D eigenvalue weighted by Crippen LogP contribution is -2.33. The summed E-state index contributed by atoms with van der Waals surface area (Å²) in [5, 5.41) is 33.6. The quantitative estimate of drug-likeness (QED) is 0.304. The average Bonchev–Trinajstić information content (AvgIpc) is 3.34. The lowest BCUT2D eigenvalue weighted by atomic mass is 10.1. The molecule has 0 saturated carbocycles. The summed E-state index contributed by atoms with van der Waals surface area (Å²) < 4.78 is 8.24. The largest absolute Gasteiger partial charge is 0.394 e. The molecule has 13 nitrogen and oxygen atoms in total. The van der Waals surface area contributed by atoms with E-state index in [1.165, 1.54) is 21.8 Å². The van der Waals surface area contributed by atoms with Crippen molar-refractivity contribution < 1.29 is 24.9 Å². The van der Waals surface area contributed by atoms with Gasteiger partial charge in [0.1, 0.15) is 23.8 Å². The van der Waals surface area contributed by atoms with Gasteiger partial charge in [0.2, 0.25) is 5.91 Å². The third kappa shape index (κ3) is 2.95. The van der Waals surface area contributed by atoms with Crippen molar-refractivity contribution in [3.63, 3.8) is 0 Å². The molecule has 4 heterocycles. The van der Waals surface area contributed by atoms with Crippen LogP contribution in [0.15, 0.2) is 18.7 Å². The van der Waals surface area contributed by atoms with Crippen molar-refractivity contribution in [2.45, 2.75) is 31.0 Å².